The number of nitrogens with two attached hydrogens (primary N) is 2. The molecule has 7 heteroatoms. The van der Waals surface area contributed by atoms with Gasteiger partial charge in [-0.3, -0.25) is 0 Å². The molecular weight excluding hydrogens is 333 g/mol. The van der Waals surface area contributed by atoms with E-state index in [4.69, 9.17) is 11.5 Å². The van der Waals surface area contributed by atoms with Crippen LogP contribution in [-0.4, -0.2) is 23.4 Å². The standard InChI is InChI=1S/C16H25N5.2ClH/c1-3-4-5-6-11-21-14(19-15(17)20-16(21)18)13-9-7-12(2)8-10-13;;/h7-10,14H,3-6,11H2,1-2H3,(H4,17,18,19,20);2*1H. The Bertz CT molecular complexity index is 528. The van der Waals surface area contributed by atoms with Crippen molar-refractivity contribution >= 4 is 36.7 Å². The highest BCUT2D eigenvalue weighted by Crippen LogP contribution is 2.25. The number of hydrogen-bond acceptors (Lipinski definition) is 5. The second-order valence-electron chi connectivity index (χ2n) is 5.50. The van der Waals surface area contributed by atoms with E-state index in [1.807, 2.05) is 4.90 Å². The summed E-state index contributed by atoms with van der Waals surface area (Å²) in [6.07, 6.45) is 4.58. The third-order valence-corrected chi connectivity index (χ3v) is 3.70. The maximum Gasteiger partial charge on any atom is 0.220 e. The number of benzene rings is 1. The second kappa shape index (κ2) is 10.3. The lowest BCUT2D eigenvalue weighted by Gasteiger charge is -2.32. The van der Waals surface area contributed by atoms with Crippen molar-refractivity contribution in [3.63, 3.8) is 0 Å². The van der Waals surface area contributed by atoms with Crippen LogP contribution >= 0.6 is 24.8 Å². The second-order valence-corrected chi connectivity index (χ2v) is 5.50. The van der Waals surface area contributed by atoms with E-state index in [-0.39, 0.29) is 36.9 Å². The lowest BCUT2D eigenvalue weighted by Crippen LogP contribution is -2.44. The number of halogens is 2. The Balaban J connectivity index is 0.00000242. The minimum atomic E-state index is -0.162. The maximum absolute atomic E-state index is 6.06. The lowest BCUT2D eigenvalue weighted by atomic mass is 10.1. The molecule has 4 N–H and O–H groups in total. The van der Waals surface area contributed by atoms with Gasteiger partial charge in [0.25, 0.3) is 0 Å². The van der Waals surface area contributed by atoms with Crippen molar-refractivity contribution in [1.29, 1.82) is 0 Å². The van der Waals surface area contributed by atoms with Crippen molar-refractivity contribution in [2.75, 3.05) is 6.54 Å². The third-order valence-electron chi connectivity index (χ3n) is 3.70. The Morgan fingerprint density at radius 3 is 2.30 bits per heavy atom. The molecule has 0 fully saturated rings. The first-order chi connectivity index (χ1) is 10.1. The normalized spacial score (nSPS) is 16.8. The molecule has 0 amide bonds. The van der Waals surface area contributed by atoms with Gasteiger partial charge < -0.3 is 16.4 Å². The van der Waals surface area contributed by atoms with Crippen molar-refractivity contribution in [3.8, 4) is 0 Å². The lowest BCUT2D eigenvalue weighted by molar-refractivity contribution is 0.308. The van der Waals surface area contributed by atoms with Gasteiger partial charge in [0.1, 0.15) is 0 Å². The highest BCUT2D eigenvalue weighted by Gasteiger charge is 2.25. The first-order valence-electron chi connectivity index (χ1n) is 7.62. The summed E-state index contributed by atoms with van der Waals surface area (Å²) in [5.74, 6) is 0.715. The Morgan fingerprint density at radius 1 is 1.04 bits per heavy atom. The highest BCUT2D eigenvalue weighted by molar-refractivity contribution is 5.95. The zero-order chi connectivity index (χ0) is 15.2. The number of aliphatic imine (C=N–C) groups is 2. The van der Waals surface area contributed by atoms with Crippen LogP contribution in [0.5, 0.6) is 0 Å². The van der Waals surface area contributed by atoms with Crippen molar-refractivity contribution in [2.45, 2.75) is 45.7 Å². The SMILES string of the molecule is CCCCCCN1C(N)=NC(N)=NC1c1ccc(C)cc1.Cl.Cl. The molecule has 1 unspecified atom stereocenters. The number of unbranched alkanes of at least 4 members (excludes halogenated alkanes) is 3. The van der Waals surface area contributed by atoms with Gasteiger partial charge in [0.05, 0.1) is 0 Å². The number of guanidine groups is 2. The zero-order valence-corrected chi connectivity index (χ0v) is 15.4. The summed E-state index contributed by atoms with van der Waals surface area (Å²) in [7, 11) is 0. The molecule has 0 saturated heterocycles. The molecule has 0 radical (unpaired) electrons. The molecule has 23 heavy (non-hydrogen) atoms. The summed E-state index contributed by atoms with van der Waals surface area (Å²) >= 11 is 0. The summed E-state index contributed by atoms with van der Waals surface area (Å²) in [5.41, 5.74) is 14.2. The fourth-order valence-electron chi connectivity index (χ4n) is 2.47. The van der Waals surface area contributed by atoms with Crippen LogP contribution in [0.15, 0.2) is 34.3 Å². The largest absolute Gasteiger partial charge is 0.369 e. The quantitative estimate of drug-likeness (QED) is 0.764. The van der Waals surface area contributed by atoms with Gasteiger partial charge in [0.2, 0.25) is 11.9 Å². The molecule has 0 aromatic heterocycles. The Labute approximate surface area is 151 Å². The predicted octanol–water partition coefficient (Wildman–Crippen LogP) is 3.36. The van der Waals surface area contributed by atoms with Crippen LogP contribution in [-0.2, 0) is 0 Å². The molecule has 0 bridgehead atoms. The van der Waals surface area contributed by atoms with Crippen LogP contribution < -0.4 is 11.5 Å². The molecule has 2 rings (SSSR count). The van der Waals surface area contributed by atoms with E-state index >= 15 is 0 Å². The molecule has 0 saturated carbocycles. The van der Waals surface area contributed by atoms with Crippen LogP contribution in [0, 0.1) is 6.92 Å². The number of aryl methyl sites for hydroxylation is 1. The predicted molar refractivity (Wildman–Crippen MR) is 103 cm³/mol. The van der Waals surface area contributed by atoms with Crippen molar-refractivity contribution in [1.82, 2.24) is 4.90 Å². The van der Waals surface area contributed by atoms with Crippen molar-refractivity contribution in [2.24, 2.45) is 21.5 Å². The van der Waals surface area contributed by atoms with Crippen molar-refractivity contribution in [3.05, 3.63) is 35.4 Å². The van der Waals surface area contributed by atoms with Crippen LogP contribution in [0.2, 0.25) is 0 Å². The van der Waals surface area contributed by atoms with Crippen LogP contribution in [0.25, 0.3) is 0 Å². The van der Waals surface area contributed by atoms with Crippen LogP contribution in [0.4, 0.5) is 0 Å². The monoisotopic (exact) mass is 359 g/mol. The average Bonchev–Trinajstić information content (AvgIpc) is 2.45. The summed E-state index contributed by atoms with van der Waals surface area (Å²) in [6.45, 7) is 5.13. The molecule has 1 aliphatic heterocycles. The number of hydrogen-bond donors (Lipinski definition) is 2. The maximum atomic E-state index is 6.06. The molecule has 5 nitrogen and oxygen atoms in total. The fraction of sp³-hybridized carbons (Fsp3) is 0.500. The molecular formula is C16H27Cl2N5. The summed E-state index contributed by atoms with van der Waals surface area (Å²) in [5, 5.41) is 0. The van der Waals surface area contributed by atoms with E-state index < -0.39 is 0 Å². The minimum Gasteiger partial charge on any atom is -0.369 e. The molecule has 1 atom stereocenters. The Morgan fingerprint density at radius 2 is 1.70 bits per heavy atom. The highest BCUT2D eigenvalue weighted by atomic mass is 35.5. The van der Waals surface area contributed by atoms with Gasteiger partial charge in [-0.15, -0.1) is 24.8 Å². The summed E-state index contributed by atoms with van der Waals surface area (Å²) in [4.78, 5) is 10.6. The van der Waals surface area contributed by atoms with Crippen molar-refractivity contribution < 1.29 is 0 Å². The van der Waals surface area contributed by atoms with E-state index in [9.17, 15) is 0 Å². The molecule has 0 spiro atoms. The van der Waals surface area contributed by atoms with Crippen LogP contribution in [0.3, 0.4) is 0 Å². The molecule has 0 aliphatic carbocycles. The number of nitrogens with zero attached hydrogens (tertiary/aromatic N) is 3. The third kappa shape index (κ3) is 5.92. The average molecular weight is 360 g/mol. The zero-order valence-electron chi connectivity index (χ0n) is 13.7. The Hall–Kier alpha value is -1.46. The van der Waals surface area contributed by atoms with E-state index in [1.165, 1.54) is 24.8 Å². The van der Waals surface area contributed by atoms with Gasteiger partial charge in [-0.25, -0.2) is 4.99 Å². The Kier molecular flexibility index (Phi) is 9.68. The minimum absolute atomic E-state index is 0. The summed E-state index contributed by atoms with van der Waals surface area (Å²) < 4.78 is 0. The van der Waals surface area contributed by atoms with Gasteiger partial charge >= 0.3 is 0 Å². The van der Waals surface area contributed by atoms with Gasteiger partial charge in [-0.05, 0) is 18.9 Å². The van der Waals surface area contributed by atoms with Gasteiger partial charge in [-0.2, -0.15) is 4.99 Å². The first-order valence-corrected chi connectivity index (χ1v) is 7.62. The van der Waals surface area contributed by atoms with Gasteiger partial charge in [0, 0.05) is 6.54 Å². The van der Waals surface area contributed by atoms with E-state index in [0.717, 1.165) is 18.5 Å². The van der Waals surface area contributed by atoms with Crippen LogP contribution in [0.1, 0.15) is 49.9 Å². The molecule has 130 valence electrons. The van der Waals surface area contributed by atoms with Gasteiger partial charge in [0.15, 0.2) is 6.17 Å². The van der Waals surface area contributed by atoms with E-state index in [1.54, 1.807) is 0 Å². The van der Waals surface area contributed by atoms with E-state index in [2.05, 4.69) is 48.1 Å². The summed E-state index contributed by atoms with van der Waals surface area (Å²) in [6, 6.07) is 8.32. The van der Waals surface area contributed by atoms with E-state index in [0.29, 0.717) is 5.96 Å². The molecule has 1 aromatic rings. The van der Waals surface area contributed by atoms with Gasteiger partial charge in [-0.1, -0.05) is 56.0 Å². The fourth-order valence-corrected chi connectivity index (χ4v) is 2.47. The number of rotatable bonds is 6. The molecule has 1 aliphatic rings. The smallest absolute Gasteiger partial charge is 0.220 e. The molecule has 1 heterocycles. The topological polar surface area (TPSA) is 80.0 Å². The first kappa shape index (κ1) is 21.5. The molecule has 1 aromatic carbocycles.